The smallest absolute Gasteiger partial charge is 0.319 e. The number of aryl methyl sites for hydroxylation is 2. The van der Waals surface area contributed by atoms with E-state index in [1.165, 1.54) is 4.90 Å². The minimum absolute atomic E-state index is 0.0279. The van der Waals surface area contributed by atoms with Gasteiger partial charge in [0.1, 0.15) is 5.75 Å². The number of nitrogens with zero attached hydrogens (tertiary/aromatic N) is 2. The number of fused-ring (bicyclic) bond motifs is 1. The van der Waals surface area contributed by atoms with Crippen LogP contribution in [0.3, 0.4) is 0 Å². The van der Waals surface area contributed by atoms with Gasteiger partial charge < -0.3 is 20.3 Å². The molecule has 3 N–H and O–H groups in total. The number of hydrogen-bond donors (Lipinski definition) is 3. The summed E-state index contributed by atoms with van der Waals surface area (Å²) in [6, 6.07) is 4.84. The molecule has 1 aliphatic heterocycles. The molecule has 8 nitrogen and oxygen atoms in total. The Kier molecular flexibility index (Phi) is 4.11. The minimum Gasteiger partial charge on any atom is -0.482 e. The lowest BCUT2D eigenvalue weighted by molar-refractivity contribution is -0.120. The van der Waals surface area contributed by atoms with Crippen LogP contribution in [0, 0.1) is 13.8 Å². The van der Waals surface area contributed by atoms with Crippen LogP contribution in [-0.2, 0) is 11.3 Å². The van der Waals surface area contributed by atoms with Crippen molar-refractivity contribution in [2.45, 2.75) is 20.4 Å². The first-order valence-electron chi connectivity index (χ1n) is 7.54. The Morgan fingerprint density at radius 1 is 1.42 bits per heavy atom. The number of H-pyrrole nitrogens is 1. The fraction of sp³-hybridized carbons (Fsp3) is 0.312. The molecule has 2 aromatic rings. The van der Waals surface area contributed by atoms with Gasteiger partial charge in [-0.2, -0.15) is 5.10 Å². The molecule has 1 aliphatic rings. The van der Waals surface area contributed by atoms with E-state index in [1.807, 2.05) is 13.8 Å². The SMILES string of the molecule is Cc1n[nH]c(C)c1CNC(=O)Nc1ccc2c(c1)N(C)C(=O)CO2. The lowest BCUT2D eigenvalue weighted by Crippen LogP contribution is -2.35. The largest absolute Gasteiger partial charge is 0.482 e. The highest BCUT2D eigenvalue weighted by Gasteiger charge is 2.22. The second-order valence-electron chi connectivity index (χ2n) is 5.64. The van der Waals surface area contributed by atoms with Crippen LogP contribution in [0.5, 0.6) is 5.75 Å². The quantitative estimate of drug-likeness (QED) is 0.798. The Balaban J connectivity index is 1.66. The first-order chi connectivity index (χ1) is 11.5. The number of hydrogen-bond acceptors (Lipinski definition) is 4. The summed E-state index contributed by atoms with van der Waals surface area (Å²) in [5.41, 5.74) is 3.97. The number of carbonyl (C=O) groups excluding carboxylic acids is 2. The number of aromatic amines is 1. The zero-order chi connectivity index (χ0) is 17.3. The number of likely N-dealkylation sites (N-methyl/N-ethyl adjacent to an activating group) is 1. The lowest BCUT2D eigenvalue weighted by atomic mass is 10.2. The fourth-order valence-corrected chi connectivity index (χ4v) is 2.53. The van der Waals surface area contributed by atoms with Crippen LogP contribution in [0.2, 0.25) is 0 Å². The molecule has 0 saturated heterocycles. The van der Waals surface area contributed by atoms with Crippen LogP contribution in [0.25, 0.3) is 0 Å². The summed E-state index contributed by atoms with van der Waals surface area (Å²) in [5, 5.41) is 12.5. The summed E-state index contributed by atoms with van der Waals surface area (Å²) in [4.78, 5) is 25.3. The molecule has 0 atom stereocenters. The fourth-order valence-electron chi connectivity index (χ4n) is 2.53. The van der Waals surface area contributed by atoms with Crippen LogP contribution in [0.15, 0.2) is 18.2 Å². The van der Waals surface area contributed by atoms with Crippen LogP contribution in [0.4, 0.5) is 16.2 Å². The maximum Gasteiger partial charge on any atom is 0.319 e. The van der Waals surface area contributed by atoms with Gasteiger partial charge in [-0.3, -0.25) is 9.89 Å². The van der Waals surface area contributed by atoms with Crippen LogP contribution in [0.1, 0.15) is 17.0 Å². The Hall–Kier alpha value is -3.03. The molecule has 0 saturated carbocycles. The van der Waals surface area contributed by atoms with Crippen LogP contribution in [-0.4, -0.2) is 35.8 Å². The summed E-state index contributed by atoms with van der Waals surface area (Å²) in [6.07, 6.45) is 0. The molecule has 0 unspecified atom stereocenters. The number of amides is 3. The van der Waals surface area contributed by atoms with Crippen LogP contribution < -0.4 is 20.3 Å². The predicted octanol–water partition coefficient (Wildman–Crippen LogP) is 1.70. The minimum atomic E-state index is -0.333. The maximum atomic E-state index is 12.1. The third-order valence-corrected chi connectivity index (χ3v) is 4.01. The first-order valence-corrected chi connectivity index (χ1v) is 7.54. The molecular weight excluding hydrogens is 310 g/mol. The summed E-state index contributed by atoms with van der Waals surface area (Å²) in [6.45, 7) is 4.20. The monoisotopic (exact) mass is 329 g/mol. The van der Waals surface area contributed by atoms with E-state index in [9.17, 15) is 9.59 Å². The molecule has 2 heterocycles. The third kappa shape index (κ3) is 3.03. The van der Waals surface area contributed by atoms with Crippen molar-refractivity contribution in [1.82, 2.24) is 15.5 Å². The van der Waals surface area contributed by atoms with Gasteiger partial charge >= 0.3 is 6.03 Å². The van der Waals surface area contributed by atoms with Gasteiger partial charge in [0.05, 0.1) is 11.4 Å². The third-order valence-electron chi connectivity index (χ3n) is 4.01. The highest BCUT2D eigenvalue weighted by molar-refractivity contribution is 5.99. The molecule has 0 spiro atoms. The van der Waals surface area contributed by atoms with Crippen molar-refractivity contribution in [2.75, 3.05) is 23.9 Å². The van der Waals surface area contributed by atoms with Gasteiger partial charge in [-0.25, -0.2) is 4.79 Å². The molecular formula is C16H19N5O3. The van der Waals surface area contributed by atoms with Crippen molar-refractivity contribution in [3.05, 3.63) is 35.2 Å². The molecule has 0 aliphatic carbocycles. The number of aromatic nitrogens is 2. The van der Waals surface area contributed by atoms with Gasteiger partial charge in [-0.05, 0) is 32.0 Å². The number of carbonyl (C=O) groups is 2. The van der Waals surface area contributed by atoms with E-state index in [1.54, 1.807) is 25.2 Å². The zero-order valence-electron chi connectivity index (χ0n) is 13.8. The standard InChI is InChI=1S/C16H19N5O3/c1-9-12(10(2)20-19-9)7-17-16(23)18-11-4-5-14-13(6-11)21(3)15(22)8-24-14/h4-6H,7-8H2,1-3H3,(H,19,20)(H2,17,18,23). The van der Waals surface area contributed by atoms with E-state index in [0.29, 0.717) is 23.7 Å². The average Bonchev–Trinajstić information content (AvgIpc) is 2.88. The highest BCUT2D eigenvalue weighted by atomic mass is 16.5. The Bertz CT molecular complexity index is 780. The normalized spacial score (nSPS) is 13.3. The van der Waals surface area contributed by atoms with Gasteiger partial charge in [0.2, 0.25) is 0 Å². The van der Waals surface area contributed by atoms with Crippen molar-refractivity contribution >= 4 is 23.3 Å². The predicted molar refractivity (Wildman–Crippen MR) is 89.3 cm³/mol. The van der Waals surface area contributed by atoms with E-state index in [-0.39, 0.29) is 18.5 Å². The Morgan fingerprint density at radius 3 is 2.92 bits per heavy atom. The summed E-state index contributed by atoms with van der Waals surface area (Å²) in [7, 11) is 1.68. The average molecular weight is 329 g/mol. The second-order valence-corrected chi connectivity index (χ2v) is 5.64. The van der Waals surface area contributed by atoms with Gasteiger partial charge in [0, 0.05) is 30.5 Å². The molecule has 0 bridgehead atoms. The number of anilines is 2. The molecule has 3 amide bonds. The van der Waals surface area contributed by atoms with Crippen molar-refractivity contribution in [2.24, 2.45) is 0 Å². The number of rotatable bonds is 3. The lowest BCUT2D eigenvalue weighted by Gasteiger charge is -2.26. The molecule has 1 aromatic heterocycles. The Morgan fingerprint density at radius 2 is 2.21 bits per heavy atom. The van der Waals surface area contributed by atoms with Gasteiger partial charge in [0.15, 0.2) is 6.61 Å². The Labute approximate surface area is 139 Å². The summed E-state index contributed by atoms with van der Waals surface area (Å²) < 4.78 is 5.36. The summed E-state index contributed by atoms with van der Waals surface area (Å²) >= 11 is 0. The van der Waals surface area contributed by atoms with Gasteiger partial charge in [-0.15, -0.1) is 0 Å². The topological polar surface area (TPSA) is 99.4 Å². The molecule has 0 radical (unpaired) electrons. The molecule has 8 heteroatoms. The van der Waals surface area contributed by atoms with Gasteiger partial charge in [0.25, 0.3) is 5.91 Å². The number of ether oxygens (including phenoxy) is 1. The highest BCUT2D eigenvalue weighted by Crippen LogP contribution is 2.33. The molecule has 126 valence electrons. The first kappa shape index (κ1) is 15.9. The van der Waals surface area contributed by atoms with Gasteiger partial charge in [-0.1, -0.05) is 0 Å². The van der Waals surface area contributed by atoms with E-state index >= 15 is 0 Å². The maximum absolute atomic E-state index is 12.1. The molecule has 0 fully saturated rings. The van der Waals surface area contributed by atoms with Crippen molar-refractivity contribution in [3.63, 3.8) is 0 Å². The van der Waals surface area contributed by atoms with Crippen molar-refractivity contribution in [1.29, 1.82) is 0 Å². The van der Waals surface area contributed by atoms with Crippen molar-refractivity contribution in [3.8, 4) is 5.75 Å². The van der Waals surface area contributed by atoms with Crippen LogP contribution >= 0.6 is 0 Å². The molecule has 24 heavy (non-hydrogen) atoms. The molecule has 3 rings (SSSR count). The van der Waals surface area contributed by atoms with E-state index in [4.69, 9.17) is 4.74 Å². The number of urea groups is 1. The molecule has 1 aromatic carbocycles. The van der Waals surface area contributed by atoms with Crippen molar-refractivity contribution < 1.29 is 14.3 Å². The zero-order valence-corrected chi connectivity index (χ0v) is 13.8. The van der Waals surface area contributed by atoms with E-state index < -0.39 is 0 Å². The number of nitrogens with one attached hydrogen (secondary N) is 3. The second kappa shape index (κ2) is 6.23. The summed E-state index contributed by atoms with van der Waals surface area (Å²) in [5.74, 6) is 0.489. The van der Waals surface area contributed by atoms with E-state index in [0.717, 1.165) is 17.0 Å². The number of benzene rings is 1. The van der Waals surface area contributed by atoms with E-state index in [2.05, 4.69) is 20.8 Å².